The summed E-state index contributed by atoms with van der Waals surface area (Å²) in [5.74, 6) is -0.0736. The maximum absolute atomic E-state index is 12.2. The molecule has 7 heteroatoms. The number of rotatable bonds is 4. The van der Waals surface area contributed by atoms with Crippen LogP contribution < -0.4 is 10.6 Å². The van der Waals surface area contributed by atoms with Crippen molar-refractivity contribution in [3.05, 3.63) is 41.3 Å². The molecule has 2 N–H and O–H groups in total. The maximum Gasteiger partial charge on any atom is 0.319 e. The normalized spacial score (nSPS) is 23.1. The van der Waals surface area contributed by atoms with Crippen molar-refractivity contribution < 1.29 is 13.2 Å². The number of nitrogens with one attached hydrogen (secondary N) is 2. The number of urea groups is 1. The van der Waals surface area contributed by atoms with Crippen LogP contribution in [0.25, 0.3) is 0 Å². The standard InChI is InChI=1S/C17H23N3O3S/c21-17(18-15-8-11-24(22,23)13-15)19-16-7-3-2-6-14(16)12-20-9-4-1-5-10-20/h2-3,6-8,11,15H,1,4-5,9-10,12-13H2,(H2,18,19,21)/t15-/m0/s1. The molecule has 0 unspecified atom stereocenters. The number of likely N-dealkylation sites (tertiary alicyclic amines) is 1. The molecule has 1 atom stereocenters. The van der Waals surface area contributed by atoms with Crippen molar-refractivity contribution in [2.75, 3.05) is 24.2 Å². The molecule has 1 saturated heterocycles. The third-order valence-electron chi connectivity index (χ3n) is 4.35. The van der Waals surface area contributed by atoms with Crippen molar-refractivity contribution in [1.82, 2.24) is 10.2 Å². The maximum atomic E-state index is 12.2. The van der Waals surface area contributed by atoms with Gasteiger partial charge in [-0.25, -0.2) is 13.2 Å². The Morgan fingerprint density at radius 3 is 2.62 bits per heavy atom. The molecule has 0 spiro atoms. The van der Waals surface area contributed by atoms with Crippen LogP contribution in [-0.2, 0) is 16.4 Å². The molecule has 1 aromatic rings. The van der Waals surface area contributed by atoms with Gasteiger partial charge in [-0.3, -0.25) is 4.90 Å². The van der Waals surface area contributed by atoms with Gasteiger partial charge in [-0.15, -0.1) is 0 Å². The van der Waals surface area contributed by atoms with Crippen LogP contribution in [0.3, 0.4) is 0 Å². The Morgan fingerprint density at radius 2 is 1.92 bits per heavy atom. The summed E-state index contributed by atoms with van der Waals surface area (Å²) < 4.78 is 22.8. The lowest BCUT2D eigenvalue weighted by Gasteiger charge is -2.27. The summed E-state index contributed by atoms with van der Waals surface area (Å²) in [6.45, 7) is 2.99. The molecule has 0 radical (unpaired) electrons. The Labute approximate surface area is 142 Å². The third kappa shape index (κ3) is 4.58. The number of sulfone groups is 1. The largest absolute Gasteiger partial charge is 0.331 e. The lowest BCUT2D eigenvalue weighted by Crippen LogP contribution is -2.38. The summed E-state index contributed by atoms with van der Waals surface area (Å²) in [5.41, 5.74) is 1.84. The first-order chi connectivity index (χ1) is 11.5. The Kier molecular flexibility index (Phi) is 5.20. The molecule has 6 nitrogen and oxygen atoms in total. The van der Waals surface area contributed by atoms with Crippen molar-refractivity contribution in [2.45, 2.75) is 31.8 Å². The van der Waals surface area contributed by atoms with E-state index < -0.39 is 15.9 Å². The number of amides is 2. The smallest absolute Gasteiger partial charge is 0.319 e. The number of nitrogens with zero attached hydrogens (tertiary/aromatic N) is 1. The van der Waals surface area contributed by atoms with Crippen molar-refractivity contribution in [1.29, 1.82) is 0 Å². The van der Waals surface area contributed by atoms with Crippen molar-refractivity contribution >= 4 is 21.6 Å². The van der Waals surface area contributed by atoms with Gasteiger partial charge in [0.1, 0.15) is 0 Å². The van der Waals surface area contributed by atoms with Crippen LogP contribution in [0.1, 0.15) is 24.8 Å². The predicted molar refractivity (Wildman–Crippen MR) is 94.4 cm³/mol. The lowest BCUT2D eigenvalue weighted by molar-refractivity contribution is 0.221. The van der Waals surface area contributed by atoms with E-state index in [0.717, 1.165) is 36.3 Å². The molecule has 1 aromatic carbocycles. The molecule has 1 fully saturated rings. The predicted octanol–water partition coefficient (Wildman–Crippen LogP) is 2.10. The SMILES string of the molecule is O=C(Nc1ccccc1CN1CCCCC1)N[C@H]1C=CS(=O)(=O)C1. The number of carbonyl (C=O) groups is 1. The number of piperidine rings is 1. The Bertz CT molecular complexity index is 724. The molecule has 2 heterocycles. The fraction of sp³-hybridized carbons (Fsp3) is 0.471. The zero-order valence-corrected chi connectivity index (χ0v) is 14.4. The quantitative estimate of drug-likeness (QED) is 0.873. The second kappa shape index (κ2) is 7.36. The van der Waals surface area contributed by atoms with E-state index in [2.05, 4.69) is 15.5 Å². The molecular formula is C17H23N3O3S. The Hall–Kier alpha value is -1.86. The van der Waals surface area contributed by atoms with Gasteiger partial charge in [-0.2, -0.15) is 0 Å². The fourth-order valence-corrected chi connectivity index (χ4v) is 4.37. The summed E-state index contributed by atoms with van der Waals surface area (Å²) in [6, 6.07) is 6.89. The number of benzene rings is 1. The van der Waals surface area contributed by atoms with E-state index in [1.807, 2.05) is 24.3 Å². The molecule has 0 bridgehead atoms. The highest BCUT2D eigenvalue weighted by Gasteiger charge is 2.23. The first-order valence-electron chi connectivity index (χ1n) is 8.31. The van der Waals surface area contributed by atoms with Crippen LogP contribution in [0.15, 0.2) is 35.7 Å². The van der Waals surface area contributed by atoms with Gasteiger partial charge >= 0.3 is 6.03 Å². The molecular weight excluding hydrogens is 326 g/mol. The zero-order chi connectivity index (χ0) is 17.0. The Morgan fingerprint density at radius 1 is 1.17 bits per heavy atom. The van der Waals surface area contributed by atoms with Gasteiger partial charge in [0, 0.05) is 17.6 Å². The number of para-hydroxylation sites is 1. The lowest BCUT2D eigenvalue weighted by atomic mass is 10.1. The van der Waals surface area contributed by atoms with Gasteiger partial charge in [0.2, 0.25) is 0 Å². The number of hydrogen-bond acceptors (Lipinski definition) is 4. The second-order valence-electron chi connectivity index (χ2n) is 6.36. The van der Waals surface area contributed by atoms with Gasteiger partial charge in [-0.05, 0) is 43.6 Å². The summed E-state index contributed by atoms with van der Waals surface area (Å²) in [4.78, 5) is 14.6. The molecule has 2 aliphatic heterocycles. The van der Waals surface area contributed by atoms with Gasteiger partial charge in [0.15, 0.2) is 9.84 Å². The highest BCUT2D eigenvalue weighted by Crippen LogP contribution is 2.20. The summed E-state index contributed by atoms with van der Waals surface area (Å²) in [7, 11) is -3.17. The summed E-state index contributed by atoms with van der Waals surface area (Å²) in [6.07, 6.45) is 5.24. The van der Waals surface area contributed by atoms with Gasteiger partial charge in [-0.1, -0.05) is 24.6 Å². The third-order valence-corrected chi connectivity index (χ3v) is 5.75. The average molecular weight is 349 g/mol. The summed E-state index contributed by atoms with van der Waals surface area (Å²) in [5, 5.41) is 6.69. The van der Waals surface area contributed by atoms with E-state index in [-0.39, 0.29) is 11.8 Å². The minimum Gasteiger partial charge on any atom is -0.331 e. The molecule has 0 aromatic heterocycles. The van der Waals surface area contributed by atoms with Gasteiger partial charge < -0.3 is 10.6 Å². The van der Waals surface area contributed by atoms with Crippen molar-refractivity contribution in [3.63, 3.8) is 0 Å². The van der Waals surface area contributed by atoms with Crippen molar-refractivity contribution in [2.24, 2.45) is 0 Å². The van der Waals surface area contributed by atoms with E-state index in [1.165, 1.54) is 25.3 Å². The van der Waals surface area contributed by atoms with Crippen molar-refractivity contribution in [3.8, 4) is 0 Å². The van der Waals surface area contributed by atoms with Crippen LogP contribution in [0, 0.1) is 0 Å². The van der Waals surface area contributed by atoms with Crippen LogP contribution in [0.2, 0.25) is 0 Å². The second-order valence-corrected chi connectivity index (χ2v) is 8.29. The molecule has 0 saturated carbocycles. The Balaban J connectivity index is 1.60. The van der Waals surface area contributed by atoms with Gasteiger partial charge in [0.05, 0.1) is 11.8 Å². The minimum absolute atomic E-state index is 0.0736. The highest BCUT2D eigenvalue weighted by atomic mass is 32.2. The molecule has 3 rings (SSSR count). The van der Waals surface area contributed by atoms with E-state index in [9.17, 15) is 13.2 Å². The molecule has 130 valence electrons. The average Bonchev–Trinajstić information content (AvgIpc) is 2.89. The van der Waals surface area contributed by atoms with E-state index in [4.69, 9.17) is 0 Å². The zero-order valence-electron chi connectivity index (χ0n) is 13.6. The first-order valence-corrected chi connectivity index (χ1v) is 10.0. The molecule has 2 amide bonds. The molecule has 2 aliphatic rings. The fourth-order valence-electron chi connectivity index (χ4n) is 3.13. The highest BCUT2D eigenvalue weighted by molar-refractivity contribution is 7.94. The number of carbonyl (C=O) groups excluding carboxylic acids is 1. The number of hydrogen-bond donors (Lipinski definition) is 2. The van der Waals surface area contributed by atoms with E-state index >= 15 is 0 Å². The van der Waals surface area contributed by atoms with Gasteiger partial charge in [0.25, 0.3) is 0 Å². The van der Waals surface area contributed by atoms with Crippen LogP contribution in [0.4, 0.5) is 10.5 Å². The van der Waals surface area contributed by atoms with Crippen LogP contribution in [-0.4, -0.2) is 44.2 Å². The van der Waals surface area contributed by atoms with E-state index in [1.54, 1.807) is 0 Å². The van der Waals surface area contributed by atoms with Crippen LogP contribution in [0.5, 0.6) is 0 Å². The molecule has 24 heavy (non-hydrogen) atoms. The van der Waals surface area contributed by atoms with E-state index in [0.29, 0.717) is 0 Å². The topological polar surface area (TPSA) is 78.5 Å². The molecule has 0 aliphatic carbocycles. The summed E-state index contributed by atoms with van der Waals surface area (Å²) >= 11 is 0. The first kappa shape index (κ1) is 17.0. The minimum atomic E-state index is -3.17. The van der Waals surface area contributed by atoms with Crippen LogP contribution >= 0.6 is 0 Å². The number of anilines is 1. The monoisotopic (exact) mass is 349 g/mol.